The molecule has 18 heavy (non-hydrogen) atoms. The normalized spacial score (nSPS) is 37.7. The quantitative estimate of drug-likeness (QED) is 0.805. The Balaban J connectivity index is 1.66. The molecule has 106 valence electrons. The van der Waals surface area contributed by atoms with E-state index in [4.69, 9.17) is 4.74 Å². The highest BCUT2D eigenvalue weighted by Crippen LogP contribution is 2.28. The first-order valence-corrected chi connectivity index (χ1v) is 8.13. The van der Waals surface area contributed by atoms with Crippen molar-refractivity contribution in [1.82, 2.24) is 5.32 Å². The zero-order valence-corrected chi connectivity index (χ0v) is 12.3. The predicted molar refractivity (Wildman–Crippen MR) is 76.8 cm³/mol. The molecule has 2 rings (SSSR count). The predicted octanol–water partition coefficient (Wildman–Crippen LogP) is 3.75. The van der Waals surface area contributed by atoms with Crippen LogP contribution < -0.4 is 5.32 Å². The Morgan fingerprint density at radius 3 is 2.83 bits per heavy atom. The van der Waals surface area contributed by atoms with Crippen LogP contribution in [-0.4, -0.2) is 25.3 Å². The summed E-state index contributed by atoms with van der Waals surface area (Å²) in [5.41, 5.74) is 0. The van der Waals surface area contributed by atoms with Gasteiger partial charge in [0.05, 0.1) is 6.10 Å². The van der Waals surface area contributed by atoms with Gasteiger partial charge in [0, 0.05) is 12.6 Å². The maximum Gasteiger partial charge on any atom is 0.0589 e. The third kappa shape index (κ3) is 4.55. The van der Waals surface area contributed by atoms with Gasteiger partial charge < -0.3 is 10.1 Å². The van der Waals surface area contributed by atoms with Crippen molar-refractivity contribution >= 4 is 0 Å². The molecular weight excluding hydrogens is 222 g/mol. The van der Waals surface area contributed by atoms with Crippen LogP contribution in [0.2, 0.25) is 0 Å². The molecular formula is C16H31NO. The van der Waals surface area contributed by atoms with Crippen LogP contribution >= 0.6 is 0 Å². The summed E-state index contributed by atoms with van der Waals surface area (Å²) in [6.45, 7) is 6.87. The van der Waals surface area contributed by atoms with Gasteiger partial charge in [-0.3, -0.25) is 0 Å². The molecule has 4 unspecified atom stereocenters. The van der Waals surface area contributed by atoms with Crippen LogP contribution in [0.4, 0.5) is 0 Å². The standard InChI is InChI=1S/C16H31NO/c1-3-5-16-11-15(8-9-18-16)17-12-14-7-4-6-13(2)10-14/h13-17H,3-12H2,1-2H3. The van der Waals surface area contributed by atoms with E-state index in [1.807, 2.05) is 0 Å². The van der Waals surface area contributed by atoms with E-state index < -0.39 is 0 Å². The minimum atomic E-state index is 0.520. The monoisotopic (exact) mass is 253 g/mol. The van der Waals surface area contributed by atoms with Crippen molar-refractivity contribution in [3.63, 3.8) is 0 Å². The maximum atomic E-state index is 5.82. The first-order valence-electron chi connectivity index (χ1n) is 8.13. The van der Waals surface area contributed by atoms with Gasteiger partial charge in [0.15, 0.2) is 0 Å². The largest absolute Gasteiger partial charge is 0.378 e. The fourth-order valence-corrected chi connectivity index (χ4v) is 3.67. The fourth-order valence-electron chi connectivity index (χ4n) is 3.67. The molecule has 1 heterocycles. The van der Waals surface area contributed by atoms with Crippen molar-refractivity contribution < 1.29 is 4.74 Å². The summed E-state index contributed by atoms with van der Waals surface area (Å²) >= 11 is 0. The lowest BCUT2D eigenvalue weighted by atomic mass is 9.82. The number of ether oxygens (including phenoxy) is 1. The lowest BCUT2D eigenvalue weighted by Crippen LogP contribution is -2.41. The molecule has 1 saturated carbocycles. The molecule has 2 nitrogen and oxygen atoms in total. The number of hydrogen-bond donors (Lipinski definition) is 1. The van der Waals surface area contributed by atoms with Crippen LogP contribution in [0, 0.1) is 11.8 Å². The minimum absolute atomic E-state index is 0.520. The maximum absolute atomic E-state index is 5.82. The summed E-state index contributed by atoms with van der Waals surface area (Å²) in [4.78, 5) is 0. The SMILES string of the molecule is CCCC1CC(NCC2CCCC(C)C2)CCO1. The molecule has 0 bridgehead atoms. The zero-order chi connectivity index (χ0) is 12.8. The van der Waals surface area contributed by atoms with E-state index in [0.717, 1.165) is 18.4 Å². The Hall–Kier alpha value is -0.0800. The van der Waals surface area contributed by atoms with Gasteiger partial charge in [-0.15, -0.1) is 0 Å². The molecule has 2 aliphatic rings. The van der Waals surface area contributed by atoms with Gasteiger partial charge in [-0.05, 0) is 50.5 Å². The van der Waals surface area contributed by atoms with Gasteiger partial charge in [-0.2, -0.15) is 0 Å². The second kappa shape index (κ2) is 7.49. The zero-order valence-electron chi connectivity index (χ0n) is 12.3. The number of nitrogens with one attached hydrogen (secondary N) is 1. The molecule has 1 saturated heterocycles. The van der Waals surface area contributed by atoms with Crippen LogP contribution in [-0.2, 0) is 4.74 Å². The van der Waals surface area contributed by atoms with Gasteiger partial charge in [-0.25, -0.2) is 0 Å². The van der Waals surface area contributed by atoms with E-state index in [1.165, 1.54) is 57.9 Å². The second-order valence-corrected chi connectivity index (χ2v) is 6.55. The summed E-state index contributed by atoms with van der Waals surface area (Å²) < 4.78 is 5.82. The molecule has 0 aromatic carbocycles. The molecule has 0 radical (unpaired) electrons. The van der Waals surface area contributed by atoms with E-state index in [-0.39, 0.29) is 0 Å². The van der Waals surface area contributed by atoms with Crippen molar-refractivity contribution in [2.24, 2.45) is 11.8 Å². The lowest BCUT2D eigenvalue weighted by Gasteiger charge is -2.33. The highest BCUT2D eigenvalue weighted by atomic mass is 16.5. The Kier molecular flexibility index (Phi) is 5.97. The van der Waals surface area contributed by atoms with Gasteiger partial charge >= 0.3 is 0 Å². The third-order valence-corrected chi connectivity index (χ3v) is 4.72. The summed E-state index contributed by atoms with van der Waals surface area (Å²) in [5, 5.41) is 3.82. The van der Waals surface area contributed by atoms with Crippen LogP contribution in [0.15, 0.2) is 0 Å². The number of rotatable bonds is 5. The third-order valence-electron chi connectivity index (χ3n) is 4.72. The molecule has 2 heteroatoms. The van der Waals surface area contributed by atoms with Crippen molar-refractivity contribution in [3.8, 4) is 0 Å². The molecule has 2 fully saturated rings. The average Bonchev–Trinajstić information content (AvgIpc) is 2.37. The summed E-state index contributed by atoms with van der Waals surface area (Å²) in [6.07, 6.45) is 11.2. The van der Waals surface area contributed by atoms with Gasteiger partial charge in [0.2, 0.25) is 0 Å². The minimum Gasteiger partial charge on any atom is -0.378 e. The van der Waals surface area contributed by atoms with Gasteiger partial charge in [0.1, 0.15) is 0 Å². The van der Waals surface area contributed by atoms with Crippen molar-refractivity contribution in [1.29, 1.82) is 0 Å². The van der Waals surface area contributed by atoms with Crippen LogP contribution in [0.5, 0.6) is 0 Å². The van der Waals surface area contributed by atoms with E-state index in [9.17, 15) is 0 Å². The fraction of sp³-hybridized carbons (Fsp3) is 1.00. The average molecular weight is 253 g/mol. The Labute approximate surface area is 113 Å². The molecule has 0 aromatic heterocycles. The summed E-state index contributed by atoms with van der Waals surface area (Å²) in [7, 11) is 0. The Bertz CT molecular complexity index is 229. The molecule has 1 N–H and O–H groups in total. The van der Waals surface area contributed by atoms with E-state index >= 15 is 0 Å². The van der Waals surface area contributed by atoms with Gasteiger partial charge in [0.25, 0.3) is 0 Å². The number of hydrogen-bond acceptors (Lipinski definition) is 2. The molecule has 0 spiro atoms. The van der Waals surface area contributed by atoms with E-state index in [0.29, 0.717) is 12.1 Å². The molecule has 0 aromatic rings. The van der Waals surface area contributed by atoms with Gasteiger partial charge in [-0.1, -0.05) is 33.1 Å². The van der Waals surface area contributed by atoms with Crippen molar-refractivity contribution in [2.45, 2.75) is 77.4 Å². The van der Waals surface area contributed by atoms with Crippen molar-refractivity contribution in [2.75, 3.05) is 13.2 Å². The van der Waals surface area contributed by atoms with Crippen LogP contribution in [0.3, 0.4) is 0 Å². The molecule has 1 aliphatic heterocycles. The summed E-state index contributed by atoms with van der Waals surface area (Å²) in [5.74, 6) is 1.88. The van der Waals surface area contributed by atoms with Crippen LogP contribution in [0.25, 0.3) is 0 Å². The lowest BCUT2D eigenvalue weighted by molar-refractivity contribution is -0.00405. The smallest absolute Gasteiger partial charge is 0.0589 e. The topological polar surface area (TPSA) is 21.3 Å². The second-order valence-electron chi connectivity index (χ2n) is 6.55. The Morgan fingerprint density at radius 1 is 1.17 bits per heavy atom. The first kappa shape index (κ1) is 14.3. The highest BCUT2D eigenvalue weighted by molar-refractivity contribution is 4.79. The Morgan fingerprint density at radius 2 is 2.06 bits per heavy atom. The first-order chi connectivity index (χ1) is 8.78. The van der Waals surface area contributed by atoms with E-state index in [2.05, 4.69) is 19.2 Å². The van der Waals surface area contributed by atoms with Crippen LogP contribution in [0.1, 0.15) is 65.2 Å². The molecule has 4 atom stereocenters. The molecule has 0 amide bonds. The van der Waals surface area contributed by atoms with E-state index in [1.54, 1.807) is 0 Å². The molecule has 1 aliphatic carbocycles. The highest BCUT2D eigenvalue weighted by Gasteiger charge is 2.24. The van der Waals surface area contributed by atoms with Crippen molar-refractivity contribution in [3.05, 3.63) is 0 Å². The summed E-state index contributed by atoms with van der Waals surface area (Å²) in [6, 6.07) is 0.715.